The molecule has 4 rings (SSSR count). The Morgan fingerprint density at radius 3 is 2.40 bits per heavy atom. The molecule has 1 aliphatic carbocycles. The van der Waals surface area contributed by atoms with Gasteiger partial charge in [0.15, 0.2) is 6.61 Å². The molecule has 0 saturated carbocycles. The summed E-state index contributed by atoms with van der Waals surface area (Å²) in [7, 11) is 0. The molecule has 0 unspecified atom stereocenters. The summed E-state index contributed by atoms with van der Waals surface area (Å²) in [6.07, 6.45) is 2.40. The Balaban J connectivity index is 1.51. The number of benzene rings is 2. The second kappa shape index (κ2) is 8.02. The molecule has 1 aromatic heterocycles. The Labute approximate surface area is 173 Å². The molecule has 0 fully saturated rings. The van der Waals surface area contributed by atoms with E-state index in [1.165, 1.54) is 6.92 Å². The molecule has 1 heterocycles. The first-order chi connectivity index (χ1) is 14.4. The Bertz CT molecular complexity index is 1190. The van der Waals surface area contributed by atoms with Gasteiger partial charge in [0.05, 0.1) is 5.39 Å². The Morgan fingerprint density at radius 1 is 1.03 bits per heavy atom. The Kier molecular flexibility index (Phi) is 5.27. The summed E-state index contributed by atoms with van der Waals surface area (Å²) in [4.78, 5) is 35.7. The predicted molar refractivity (Wildman–Crippen MR) is 114 cm³/mol. The quantitative estimate of drug-likeness (QED) is 0.632. The third-order valence-corrected chi connectivity index (χ3v) is 5.03. The van der Waals surface area contributed by atoms with Crippen LogP contribution in [0.3, 0.4) is 0 Å². The van der Waals surface area contributed by atoms with Crippen molar-refractivity contribution in [1.29, 1.82) is 0 Å². The summed E-state index contributed by atoms with van der Waals surface area (Å²) in [5, 5.41) is 6.22. The van der Waals surface area contributed by atoms with Gasteiger partial charge >= 0.3 is 5.63 Å². The number of nitrogens with one attached hydrogen (secondary N) is 2. The van der Waals surface area contributed by atoms with E-state index in [0.29, 0.717) is 34.7 Å². The highest BCUT2D eigenvalue weighted by Crippen LogP contribution is 2.35. The van der Waals surface area contributed by atoms with Gasteiger partial charge in [-0.2, -0.15) is 0 Å². The molecule has 1 aliphatic rings. The molecule has 2 aromatic carbocycles. The standard InChI is InChI=1S/C23H22N2O5/c1-13-10-19(22-17-4-3-5-18(17)23(28)30-20(22)11-13)29-12-21(27)25-16-8-6-15(7-9-16)24-14(2)26/h6-11H,3-5,12H2,1-2H3,(H,24,26)(H,25,27). The number of aryl methyl sites for hydroxylation is 2. The molecular formula is C23H22N2O5. The van der Waals surface area contributed by atoms with Gasteiger partial charge in [-0.3, -0.25) is 9.59 Å². The summed E-state index contributed by atoms with van der Waals surface area (Å²) in [6.45, 7) is 3.14. The molecule has 7 nitrogen and oxygen atoms in total. The van der Waals surface area contributed by atoms with Gasteiger partial charge in [-0.25, -0.2) is 4.79 Å². The van der Waals surface area contributed by atoms with E-state index in [0.717, 1.165) is 29.4 Å². The lowest BCUT2D eigenvalue weighted by Gasteiger charge is -2.13. The smallest absolute Gasteiger partial charge is 0.339 e. The van der Waals surface area contributed by atoms with E-state index in [1.54, 1.807) is 24.3 Å². The second-order valence-electron chi connectivity index (χ2n) is 7.43. The van der Waals surface area contributed by atoms with Crippen molar-refractivity contribution < 1.29 is 18.7 Å². The summed E-state index contributed by atoms with van der Waals surface area (Å²) in [5.41, 5.74) is 4.01. The molecule has 0 atom stereocenters. The number of amides is 2. The van der Waals surface area contributed by atoms with Crippen molar-refractivity contribution in [2.75, 3.05) is 17.2 Å². The van der Waals surface area contributed by atoms with Gasteiger partial charge < -0.3 is 19.8 Å². The Hall–Kier alpha value is -3.61. The molecule has 0 aliphatic heterocycles. The van der Waals surface area contributed by atoms with Crippen LogP contribution in [0.1, 0.15) is 30.0 Å². The minimum atomic E-state index is -0.314. The zero-order chi connectivity index (χ0) is 21.3. The fraction of sp³-hybridized carbons (Fsp3) is 0.261. The third-order valence-electron chi connectivity index (χ3n) is 5.03. The Morgan fingerprint density at radius 2 is 1.70 bits per heavy atom. The number of fused-ring (bicyclic) bond motifs is 3. The van der Waals surface area contributed by atoms with Crippen LogP contribution in [-0.2, 0) is 22.4 Å². The van der Waals surface area contributed by atoms with Crippen LogP contribution >= 0.6 is 0 Å². The van der Waals surface area contributed by atoms with Crippen LogP contribution in [0.5, 0.6) is 5.75 Å². The van der Waals surface area contributed by atoms with Crippen LogP contribution in [0.4, 0.5) is 11.4 Å². The van der Waals surface area contributed by atoms with Gasteiger partial charge in [0.25, 0.3) is 5.91 Å². The maximum absolute atomic E-state index is 12.4. The van der Waals surface area contributed by atoms with Crippen molar-refractivity contribution in [2.45, 2.75) is 33.1 Å². The van der Waals surface area contributed by atoms with Crippen molar-refractivity contribution in [3.8, 4) is 5.75 Å². The molecule has 0 radical (unpaired) electrons. The highest BCUT2D eigenvalue weighted by molar-refractivity contribution is 5.94. The molecule has 154 valence electrons. The van der Waals surface area contributed by atoms with Gasteiger partial charge in [0.2, 0.25) is 5.91 Å². The lowest BCUT2D eigenvalue weighted by Crippen LogP contribution is -2.20. The molecule has 0 bridgehead atoms. The molecule has 7 heteroatoms. The normalized spacial score (nSPS) is 12.5. The van der Waals surface area contributed by atoms with E-state index in [-0.39, 0.29) is 24.0 Å². The maximum Gasteiger partial charge on any atom is 0.339 e. The van der Waals surface area contributed by atoms with E-state index >= 15 is 0 Å². The van der Waals surface area contributed by atoms with Crippen LogP contribution < -0.4 is 21.0 Å². The minimum Gasteiger partial charge on any atom is -0.483 e. The van der Waals surface area contributed by atoms with Crippen molar-refractivity contribution >= 4 is 34.2 Å². The number of hydrogen-bond acceptors (Lipinski definition) is 5. The number of carbonyl (C=O) groups excluding carboxylic acids is 2. The molecular weight excluding hydrogens is 384 g/mol. The number of rotatable bonds is 5. The van der Waals surface area contributed by atoms with Gasteiger partial charge in [0, 0.05) is 23.9 Å². The fourth-order valence-corrected chi connectivity index (χ4v) is 3.80. The van der Waals surface area contributed by atoms with Crippen LogP contribution in [0.2, 0.25) is 0 Å². The average molecular weight is 406 g/mol. The zero-order valence-electron chi connectivity index (χ0n) is 16.8. The van der Waals surface area contributed by atoms with E-state index < -0.39 is 0 Å². The van der Waals surface area contributed by atoms with Crippen molar-refractivity contribution in [2.24, 2.45) is 0 Å². The van der Waals surface area contributed by atoms with Crippen LogP contribution in [-0.4, -0.2) is 18.4 Å². The van der Waals surface area contributed by atoms with Crippen molar-refractivity contribution in [1.82, 2.24) is 0 Å². The molecule has 0 saturated heterocycles. The van der Waals surface area contributed by atoms with E-state index in [1.807, 2.05) is 19.1 Å². The first kappa shape index (κ1) is 19.7. The van der Waals surface area contributed by atoms with Crippen LogP contribution in [0.15, 0.2) is 45.6 Å². The van der Waals surface area contributed by atoms with Crippen molar-refractivity contribution in [3.05, 3.63) is 63.5 Å². The third kappa shape index (κ3) is 4.05. The first-order valence-corrected chi connectivity index (χ1v) is 9.80. The van der Waals surface area contributed by atoms with E-state index in [9.17, 15) is 14.4 Å². The number of hydrogen-bond donors (Lipinski definition) is 2. The summed E-state index contributed by atoms with van der Waals surface area (Å²) in [6, 6.07) is 10.5. The van der Waals surface area contributed by atoms with Gasteiger partial charge in [0.1, 0.15) is 11.3 Å². The lowest BCUT2D eigenvalue weighted by atomic mass is 10.0. The largest absolute Gasteiger partial charge is 0.483 e. The van der Waals surface area contributed by atoms with E-state index in [2.05, 4.69) is 10.6 Å². The summed E-state index contributed by atoms with van der Waals surface area (Å²) in [5.74, 6) is 0.0712. The lowest BCUT2D eigenvalue weighted by molar-refractivity contribution is -0.118. The van der Waals surface area contributed by atoms with Crippen molar-refractivity contribution in [3.63, 3.8) is 0 Å². The SMILES string of the molecule is CC(=O)Nc1ccc(NC(=O)COc2cc(C)cc3oc(=O)c4c(c23)CCC4)cc1. The molecule has 2 amide bonds. The topological polar surface area (TPSA) is 97.6 Å². The average Bonchev–Trinajstić information content (AvgIpc) is 3.17. The van der Waals surface area contributed by atoms with Gasteiger partial charge in [-0.1, -0.05) is 0 Å². The van der Waals surface area contributed by atoms with Gasteiger partial charge in [-0.15, -0.1) is 0 Å². The highest BCUT2D eigenvalue weighted by atomic mass is 16.5. The first-order valence-electron chi connectivity index (χ1n) is 9.80. The maximum atomic E-state index is 12.4. The number of ether oxygens (including phenoxy) is 1. The fourth-order valence-electron chi connectivity index (χ4n) is 3.80. The van der Waals surface area contributed by atoms with E-state index in [4.69, 9.17) is 9.15 Å². The molecule has 3 aromatic rings. The monoisotopic (exact) mass is 406 g/mol. The number of carbonyl (C=O) groups is 2. The van der Waals surface area contributed by atoms with Crippen LogP contribution in [0, 0.1) is 6.92 Å². The number of anilines is 2. The molecule has 30 heavy (non-hydrogen) atoms. The summed E-state index contributed by atoms with van der Waals surface area (Å²) < 4.78 is 11.3. The minimum absolute atomic E-state index is 0.159. The molecule has 2 N–H and O–H groups in total. The van der Waals surface area contributed by atoms with Gasteiger partial charge in [-0.05, 0) is 73.7 Å². The zero-order valence-corrected chi connectivity index (χ0v) is 16.8. The summed E-state index contributed by atoms with van der Waals surface area (Å²) >= 11 is 0. The predicted octanol–water partition coefficient (Wildman–Crippen LogP) is 3.57. The molecule has 0 spiro atoms. The second-order valence-corrected chi connectivity index (χ2v) is 7.43. The van der Waals surface area contributed by atoms with Crippen LogP contribution in [0.25, 0.3) is 11.0 Å². The highest BCUT2D eigenvalue weighted by Gasteiger charge is 2.22.